The lowest BCUT2D eigenvalue weighted by Crippen LogP contribution is -2.36. The van der Waals surface area contributed by atoms with Gasteiger partial charge in [-0.2, -0.15) is 0 Å². The first-order valence-corrected chi connectivity index (χ1v) is 7.46. The fourth-order valence-corrected chi connectivity index (χ4v) is 2.58. The van der Waals surface area contributed by atoms with Crippen LogP contribution in [0.25, 0.3) is 0 Å². The van der Waals surface area contributed by atoms with Crippen LogP contribution in [0.4, 0.5) is 4.79 Å². The van der Waals surface area contributed by atoms with Crippen LogP contribution in [0, 0.1) is 12.3 Å². The second kappa shape index (κ2) is 8.33. The van der Waals surface area contributed by atoms with Gasteiger partial charge in [0.25, 0.3) is 0 Å². The molecule has 0 aliphatic heterocycles. The van der Waals surface area contributed by atoms with Crippen LogP contribution in [-0.2, 0) is 11.2 Å². The largest absolute Gasteiger partial charge is 0.373 e. The van der Waals surface area contributed by atoms with Crippen LogP contribution in [0.15, 0.2) is 24.3 Å². The molecule has 1 aliphatic rings. The number of benzene rings is 1. The summed E-state index contributed by atoms with van der Waals surface area (Å²) in [6, 6.07) is 8.26. The summed E-state index contributed by atoms with van der Waals surface area (Å²) in [4.78, 5) is 11.3. The van der Waals surface area contributed by atoms with Crippen LogP contribution in [0.3, 0.4) is 0 Å². The highest BCUT2D eigenvalue weighted by atomic mass is 16.5. The number of hydrogen-bond acceptors (Lipinski definition) is 2. The van der Waals surface area contributed by atoms with Crippen molar-refractivity contribution in [2.75, 3.05) is 19.7 Å². The number of ether oxygens (including phenoxy) is 1. The average Bonchev–Trinajstić information content (AvgIpc) is 2.52. The molecule has 1 aromatic rings. The van der Waals surface area contributed by atoms with E-state index in [0.717, 1.165) is 19.3 Å². The SMILES string of the molecule is C#CCNC(=O)NCCCO[C@@H]1CCCc2ccccc21. The van der Waals surface area contributed by atoms with E-state index in [0.29, 0.717) is 13.2 Å². The Hall–Kier alpha value is -1.99. The quantitative estimate of drug-likeness (QED) is 0.623. The van der Waals surface area contributed by atoms with E-state index in [1.807, 2.05) is 0 Å². The molecule has 21 heavy (non-hydrogen) atoms. The minimum atomic E-state index is -0.226. The van der Waals surface area contributed by atoms with Crippen molar-refractivity contribution in [1.82, 2.24) is 10.6 Å². The number of aryl methyl sites for hydroxylation is 1. The standard InChI is InChI=1S/C17H22N2O2/c1-2-11-18-17(20)19-12-6-13-21-16-10-5-8-14-7-3-4-9-15(14)16/h1,3-4,7,9,16H,5-6,8,10-13H2,(H2,18,19,20)/t16-/m1/s1. The highest BCUT2D eigenvalue weighted by Crippen LogP contribution is 2.32. The Bertz CT molecular complexity index is 508. The average molecular weight is 286 g/mol. The summed E-state index contributed by atoms with van der Waals surface area (Å²) in [6.45, 7) is 1.49. The third-order valence-electron chi connectivity index (χ3n) is 3.59. The molecule has 0 saturated heterocycles. The van der Waals surface area contributed by atoms with Crippen LogP contribution in [-0.4, -0.2) is 25.7 Å². The summed E-state index contributed by atoms with van der Waals surface area (Å²) >= 11 is 0. The minimum absolute atomic E-state index is 0.199. The minimum Gasteiger partial charge on any atom is -0.373 e. The molecule has 0 spiro atoms. The number of hydrogen-bond donors (Lipinski definition) is 2. The van der Waals surface area contributed by atoms with Crippen LogP contribution in [0.5, 0.6) is 0 Å². The highest BCUT2D eigenvalue weighted by molar-refractivity contribution is 5.73. The molecule has 0 aromatic heterocycles. The monoisotopic (exact) mass is 286 g/mol. The van der Waals surface area contributed by atoms with Crippen molar-refractivity contribution < 1.29 is 9.53 Å². The summed E-state index contributed by atoms with van der Waals surface area (Å²) < 4.78 is 5.97. The molecule has 0 fully saturated rings. The van der Waals surface area contributed by atoms with E-state index >= 15 is 0 Å². The third-order valence-corrected chi connectivity index (χ3v) is 3.59. The highest BCUT2D eigenvalue weighted by Gasteiger charge is 2.19. The second-order valence-electron chi connectivity index (χ2n) is 5.12. The maximum Gasteiger partial charge on any atom is 0.315 e. The molecule has 0 unspecified atom stereocenters. The first-order valence-electron chi connectivity index (χ1n) is 7.46. The van der Waals surface area contributed by atoms with Crippen LogP contribution in [0.1, 0.15) is 36.5 Å². The topological polar surface area (TPSA) is 50.4 Å². The number of rotatable bonds is 6. The van der Waals surface area contributed by atoms with E-state index in [1.54, 1.807) is 0 Å². The Labute approximate surface area is 126 Å². The van der Waals surface area contributed by atoms with Crippen molar-refractivity contribution in [3.05, 3.63) is 35.4 Å². The van der Waals surface area contributed by atoms with E-state index in [2.05, 4.69) is 40.8 Å². The molecule has 1 aliphatic carbocycles. The van der Waals surface area contributed by atoms with Crippen molar-refractivity contribution in [1.29, 1.82) is 0 Å². The van der Waals surface area contributed by atoms with Gasteiger partial charge in [-0.05, 0) is 36.8 Å². The predicted molar refractivity (Wildman–Crippen MR) is 82.9 cm³/mol. The first kappa shape index (κ1) is 15.4. The molecule has 112 valence electrons. The predicted octanol–water partition coefficient (Wildman–Crippen LogP) is 2.40. The summed E-state index contributed by atoms with van der Waals surface area (Å²) in [7, 11) is 0. The molecule has 0 radical (unpaired) electrons. The number of carbonyl (C=O) groups excluding carboxylic acids is 1. The van der Waals surface area contributed by atoms with Crippen molar-refractivity contribution in [3.63, 3.8) is 0 Å². The molecule has 4 nitrogen and oxygen atoms in total. The van der Waals surface area contributed by atoms with Gasteiger partial charge in [0.15, 0.2) is 0 Å². The zero-order valence-electron chi connectivity index (χ0n) is 12.2. The Kier molecular flexibility index (Phi) is 6.11. The van der Waals surface area contributed by atoms with Crippen LogP contribution in [0.2, 0.25) is 0 Å². The Balaban J connectivity index is 1.66. The number of carbonyl (C=O) groups is 1. The van der Waals surface area contributed by atoms with Gasteiger partial charge >= 0.3 is 6.03 Å². The van der Waals surface area contributed by atoms with Gasteiger partial charge in [0, 0.05) is 13.2 Å². The van der Waals surface area contributed by atoms with Crippen molar-refractivity contribution in [3.8, 4) is 12.3 Å². The van der Waals surface area contributed by atoms with E-state index in [1.165, 1.54) is 17.5 Å². The summed E-state index contributed by atoms with van der Waals surface area (Å²) in [6.07, 6.45) is 9.45. The van der Waals surface area contributed by atoms with Gasteiger partial charge in [-0.3, -0.25) is 0 Å². The molecule has 2 rings (SSSR count). The van der Waals surface area contributed by atoms with Crippen molar-refractivity contribution in [2.24, 2.45) is 0 Å². The summed E-state index contributed by atoms with van der Waals surface area (Å²) in [5.41, 5.74) is 2.73. The van der Waals surface area contributed by atoms with E-state index in [4.69, 9.17) is 11.2 Å². The van der Waals surface area contributed by atoms with Crippen molar-refractivity contribution in [2.45, 2.75) is 31.8 Å². The fourth-order valence-electron chi connectivity index (χ4n) is 2.58. The summed E-state index contributed by atoms with van der Waals surface area (Å²) in [5, 5.41) is 5.31. The van der Waals surface area contributed by atoms with Gasteiger partial charge in [0.2, 0.25) is 0 Å². The zero-order valence-corrected chi connectivity index (χ0v) is 12.2. The third kappa shape index (κ3) is 4.80. The number of nitrogens with one attached hydrogen (secondary N) is 2. The van der Waals surface area contributed by atoms with E-state index in [9.17, 15) is 4.79 Å². The molecule has 0 saturated carbocycles. The Morgan fingerprint density at radius 3 is 3.10 bits per heavy atom. The Morgan fingerprint density at radius 2 is 2.24 bits per heavy atom. The second-order valence-corrected chi connectivity index (χ2v) is 5.12. The lowest BCUT2D eigenvalue weighted by atomic mass is 9.89. The fraction of sp³-hybridized carbons (Fsp3) is 0.471. The van der Waals surface area contributed by atoms with Gasteiger partial charge in [-0.25, -0.2) is 4.79 Å². The number of terminal acetylenes is 1. The Morgan fingerprint density at radius 1 is 1.38 bits per heavy atom. The van der Waals surface area contributed by atoms with Gasteiger partial charge in [0.1, 0.15) is 0 Å². The van der Waals surface area contributed by atoms with Crippen LogP contribution < -0.4 is 10.6 Å². The number of amides is 2. The summed E-state index contributed by atoms with van der Waals surface area (Å²) in [5.74, 6) is 2.36. The molecule has 2 amide bonds. The van der Waals surface area contributed by atoms with E-state index < -0.39 is 0 Å². The molecule has 0 bridgehead atoms. The number of fused-ring (bicyclic) bond motifs is 1. The van der Waals surface area contributed by atoms with Crippen molar-refractivity contribution >= 4 is 6.03 Å². The molecule has 4 heteroatoms. The maximum atomic E-state index is 11.3. The zero-order chi connectivity index (χ0) is 14.9. The van der Waals surface area contributed by atoms with Gasteiger partial charge in [-0.15, -0.1) is 6.42 Å². The number of urea groups is 1. The molecular weight excluding hydrogens is 264 g/mol. The lowest BCUT2D eigenvalue weighted by Gasteiger charge is -2.25. The molecule has 0 heterocycles. The van der Waals surface area contributed by atoms with Gasteiger partial charge < -0.3 is 15.4 Å². The van der Waals surface area contributed by atoms with Crippen LogP contribution >= 0.6 is 0 Å². The van der Waals surface area contributed by atoms with E-state index in [-0.39, 0.29) is 18.7 Å². The van der Waals surface area contributed by atoms with Gasteiger partial charge in [0.05, 0.1) is 12.6 Å². The van der Waals surface area contributed by atoms with Gasteiger partial charge in [-0.1, -0.05) is 30.2 Å². The molecule has 2 N–H and O–H groups in total. The molecular formula is C17H22N2O2. The normalized spacial score (nSPS) is 16.6. The lowest BCUT2D eigenvalue weighted by molar-refractivity contribution is 0.0396. The molecule has 1 aromatic carbocycles. The smallest absolute Gasteiger partial charge is 0.315 e. The molecule has 1 atom stereocenters. The first-order chi connectivity index (χ1) is 10.3. The maximum absolute atomic E-state index is 11.3.